The molecular formula is C14H25N5O. The van der Waals surface area contributed by atoms with E-state index in [1.54, 1.807) is 0 Å². The van der Waals surface area contributed by atoms with Crippen LogP contribution in [0, 0.1) is 6.92 Å². The summed E-state index contributed by atoms with van der Waals surface area (Å²) in [6.45, 7) is 7.89. The van der Waals surface area contributed by atoms with Crippen LogP contribution in [0.5, 0.6) is 0 Å². The maximum absolute atomic E-state index is 11.7. The maximum atomic E-state index is 11.7. The van der Waals surface area contributed by atoms with E-state index in [1.165, 1.54) is 0 Å². The number of amides is 1. The molecular weight excluding hydrogens is 254 g/mol. The molecule has 0 saturated carbocycles. The molecule has 0 aliphatic rings. The van der Waals surface area contributed by atoms with Gasteiger partial charge in [0, 0.05) is 31.9 Å². The van der Waals surface area contributed by atoms with E-state index in [0.717, 1.165) is 30.9 Å². The van der Waals surface area contributed by atoms with Crippen molar-refractivity contribution in [2.75, 3.05) is 36.9 Å². The highest BCUT2D eigenvalue weighted by atomic mass is 16.2. The van der Waals surface area contributed by atoms with E-state index in [2.05, 4.69) is 27.5 Å². The Morgan fingerprint density at radius 2 is 1.95 bits per heavy atom. The zero-order valence-corrected chi connectivity index (χ0v) is 12.9. The number of rotatable bonds is 8. The van der Waals surface area contributed by atoms with Gasteiger partial charge in [-0.25, -0.2) is 4.98 Å². The number of hydrogen-bond donors (Lipinski definition) is 2. The summed E-state index contributed by atoms with van der Waals surface area (Å²) in [5.74, 6) is 1.37. The Kier molecular flexibility index (Phi) is 6.76. The van der Waals surface area contributed by atoms with Crippen LogP contribution in [0.4, 0.5) is 11.8 Å². The minimum Gasteiger partial charge on any atom is -0.355 e. The largest absolute Gasteiger partial charge is 0.355 e. The molecule has 6 heteroatoms. The van der Waals surface area contributed by atoms with Crippen molar-refractivity contribution < 1.29 is 4.79 Å². The second-order valence-electron chi connectivity index (χ2n) is 4.82. The van der Waals surface area contributed by atoms with E-state index in [4.69, 9.17) is 0 Å². The molecule has 1 heterocycles. The van der Waals surface area contributed by atoms with Crippen molar-refractivity contribution in [3.8, 4) is 0 Å². The molecule has 1 aromatic heterocycles. The standard InChI is InChI=1S/C14H25N5O/c1-5-7-15-13(20)10-19(4)12-9-11(3)17-14(18-12)16-8-6-2/h9H,5-8,10H2,1-4H3,(H,15,20)(H,16,17,18). The van der Waals surface area contributed by atoms with Gasteiger partial charge in [-0.2, -0.15) is 4.98 Å². The Balaban J connectivity index is 2.68. The monoisotopic (exact) mass is 279 g/mol. The quantitative estimate of drug-likeness (QED) is 0.756. The molecule has 20 heavy (non-hydrogen) atoms. The van der Waals surface area contributed by atoms with Gasteiger partial charge in [0.25, 0.3) is 0 Å². The van der Waals surface area contributed by atoms with Gasteiger partial charge in [-0.15, -0.1) is 0 Å². The normalized spacial score (nSPS) is 10.2. The van der Waals surface area contributed by atoms with Crippen LogP contribution in [0.2, 0.25) is 0 Å². The van der Waals surface area contributed by atoms with Crippen LogP contribution >= 0.6 is 0 Å². The number of likely N-dealkylation sites (N-methyl/N-ethyl adjacent to an activating group) is 1. The summed E-state index contributed by atoms with van der Waals surface area (Å²) in [5.41, 5.74) is 0.884. The molecule has 1 amide bonds. The van der Waals surface area contributed by atoms with E-state index < -0.39 is 0 Å². The van der Waals surface area contributed by atoms with E-state index in [9.17, 15) is 4.79 Å². The molecule has 0 radical (unpaired) electrons. The Bertz CT molecular complexity index is 436. The van der Waals surface area contributed by atoms with Crippen LogP contribution in [0.3, 0.4) is 0 Å². The summed E-state index contributed by atoms with van der Waals surface area (Å²) in [6, 6.07) is 1.88. The topological polar surface area (TPSA) is 70.2 Å². The van der Waals surface area contributed by atoms with Crippen molar-refractivity contribution in [3.05, 3.63) is 11.8 Å². The zero-order chi connectivity index (χ0) is 15.0. The molecule has 0 aliphatic carbocycles. The van der Waals surface area contributed by atoms with Crippen molar-refractivity contribution in [3.63, 3.8) is 0 Å². The second-order valence-corrected chi connectivity index (χ2v) is 4.82. The minimum absolute atomic E-state index is 0.00804. The SMILES string of the molecule is CCCNC(=O)CN(C)c1cc(C)nc(NCCC)n1. The number of hydrogen-bond acceptors (Lipinski definition) is 5. The Morgan fingerprint density at radius 3 is 2.60 bits per heavy atom. The highest BCUT2D eigenvalue weighted by Gasteiger charge is 2.10. The number of aryl methyl sites for hydroxylation is 1. The zero-order valence-electron chi connectivity index (χ0n) is 12.9. The molecule has 0 fully saturated rings. The van der Waals surface area contributed by atoms with Gasteiger partial charge in [-0.1, -0.05) is 13.8 Å². The van der Waals surface area contributed by atoms with Crippen LogP contribution in [0.1, 0.15) is 32.4 Å². The number of carbonyl (C=O) groups is 1. The van der Waals surface area contributed by atoms with Gasteiger partial charge in [-0.3, -0.25) is 4.79 Å². The van der Waals surface area contributed by atoms with Gasteiger partial charge >= 0.3 is 0 Å². The summed E-state index contributed by atoms with van der Waals surface area (Å²) >= 11 is 0. The number of nitrogens with zero attached hydrogens (tertiary/aromatic N) is 3. The van der Waals surface area contributed by atoms with Crippen LogP contribution in [-0.2, 0) is 4.79 Å². The highest BCUT2D eigenvalue weighted by Crippen LogP contribution is 2.13. The van der Waals surface area contributed by atoms with Crippen LogP contribution in [0.25, 0.3) is 0 Å². The summed E-state index contributed by atoms with van der Waals surface area (Å²) < 4.78 is 0. The average Bonchev–Trinajstić information content (AvgIpc) is 2.42. The molecule has 0 bridgehead atoms. The van der Waals surface area contributed by atoms with E-state index in [-0.39, 0.29) is 5.91 Å². The summed E-state index contributed by atoms with van der Waals surface area (Å²) in [6.07, 6.45) is 1.95. The van der Waals surface area contributed by atoms with E-state index in [1.807, 2.05) is 31.9 Å². The fourth-order valence-electron chi connectivity index (χ4n) is 1.68. The molecule has 0 aromatic carbocycles. The molecule has 0 spiro atoms. The third-order valence-electron chi connectivity index (χ3n) is 2.72. The summed E-state index contributed by atoms with van der Waals surface area (Å²) in [4.78, 5) is 22.3. The fraction of sp³-hybridized carbons (Fsp3) is 0.643. The van der Waals surface area contributed by atoms with Crippen molar-refractivity contribution in [1.29, 1.82) is 0 Å². The van der Waals surface area contributed by atoms with Crippen LogP contribution in [0.15, 0.2) is 6.07 Å². The predicted molar refractivity (Wildman–Crippen MR) is 82.1 cm³/mol. The van der Waals surface area contributed by atoms with Crippen molar-refractivity contribution >= 4 is 17.7 Å². The first-order valence-electron chi connectivity index (χ1n) is 7.14. The lowest BCUT2D eigenvalue weighted by Crippen LogP contribution is -2.36. The molecule has 0 aliphatic heterocycles. The van der Waals surface area contributed by atoms with E-state index >= 15 is 0 Å². The average molecular weight is 279 g/mol. The molecule has 1 aromatic rings. The summed E-state index contributed by atoms with van der Waals surface area (Å²) in [5, 5.41) is 6.03. The highest BCUT2D eigenvalue weighted by molar-refractivity contribution is 5.80. The predicted octanol–water partition coefficient (Wildman–Crippen LogP) is 1.57. The smallest absolute Gasteiger partial charge is 0.239 e. The number of carbonyl (C=O) groups excluding carboxylic acids is 1. The molecule has 0 saturated heterocycles. The van der Waals surface area contributed by atoms with Gasteiger partial charge in [0.15, 0.2) is 0 Å². The Hall–Kier alpha value is -1.85. The van der Waals surface area contributed by atoms with Crippen molar-refractivity contribution in [2.24, 2.45) is 0 Å². The number of nitrogens with one attached hydrogen (secondary N) is 2. The van der Waals surface area contributed by atoms with Gasteiger partial charge in [0.1, 0.15) is 5.82 Å². The van der Waals surface area contributed by atoms with Gasteiger partial charge < -0.3 is 15.5 Å². The van der Waals surface area contributed by atoms with E-state index in [0.29, 0.717) is 19.0 Å². The first-order valence-corrected chi connectivity index (χ1v) is 7.14. The third-order valence-corrected chi connectivity index (χ3v) is 2.72. The number of anilines is 2. The molecule has 2 N–H and O–H groups in total. The lowest BCUT2D eigenvalue weighted by molar-refractivity contribution is -0.119. The van der Waals surface area contributed by atoms with Gasteiger partial charge in [-0.05, 0) is 19.8 Å². The van der Waals surface area contributed by atoms with Crippen LogP contribution in [-0.4, -0.2) is 42.6 Å². The van der Waals surface area contributed by atoms with Crippen molar-refractivity contribution in [2.45, 2.75) is 33.6 Å². The fourth-order valence-corrected chi connectivity index (χ4v) is 1.68. The van der Waals surface area contributed by atoms with Crippen LogP contribution < -0.4 is 15.5 Å². The lowest BCUT2D eigenvalue weighted by atomic mass is 10.4. The first-order chi connectivity index (χ1) is 9.56. The molecule has 0 atom stereocenters. The second kappa shape index (κ2) is 8.35. The number of aromatic nitrogens is 2. The summed E-state index contributed by atoms with van der Waals surface area (Å²) in [7, 11) is 1.86. The Labute approximate surface area is 121 Å². The minimum atomic E-state index is 0.00804. The molecule has 112 valence electrons. The first kappa shape index (κ1) is 16.2. The van der Waals surface area contributed by atoms with Gasteiger partial charge in [0.05, 0.1) is 6.54 Å². The maximum Gasteiger partial charge on any atom is 0.239 e. The van der Waals surface area contributed by atoms with Crippen molar-refractivity contribution in [1.82, 2.24) is 15.3 Å². The molecule has 1 rings (SSSR count). The molecule has 6 nitrogen and oxygen atoms in total. The lowest BCUT2D eigenvalue weighted by Gasteiger charge is -2.18. The molecule has 0 unspecified atom stereocenters. The third kappa shape index (κ3) is 5.42. The Morgan fingerprint density at radius 1 is 1.25 bits per heavy atom. The van der Waals surface area contributed by atoms with Gasteiger partial charge in [0.2, 0.25) is 11.9 Å².